The maximum Gasteiger partial charge on any atom is 0.186 e. The van der Waals surface area contributed by atoms with Crippen LogP contribution in [0.5, 0.6) is 0 Å². The number of rotatable bonds is 4. The fraction of sp³-hybridized carbons (Fsp3) is 1.00. The van der Waals surface area contributed by atoms with E-state index in [0.717, 1.165) is 12.3 Å². The van der Waals surface area contributed by atoms with Crippen molar-refractivity contribution in [2.45, 2.75) is 25.6 Å². The first-order chi connectivity index (χ1) is 4.12. The summed E-state index contributed by atoms with van der Waals surface area (Å²) in [6.45, 7) is 4.42. The van der Waals surface area contributed by atoms with E-state index in [4.69, 9.17) is 16.0 Å². The predicted octanol–water partition coefficient (Wildman–Crippen LogP) is 2.47. The number of halogens is 1. The summed E-state index contributed by atoms with van der Waals surface area (Å²) in [6, 6.07) is 1.17. The van der Waals surface area contributed by atoms with Crippen LogP contribution in [0.3, 0.4) is 0 Å². The molecule has 0 fully saturated rings. The van der Waals surface area contributed by atoms with Crippen LogP contribution in [0.4, 0.5) is 0 Å². The third kappa shape index (κ3) is 4.94. The topological polar surface area (TPSA) is 9.23 Å². The smallest absolute Gasteiger partial charge is 0.186 e. The highest BCUT2D eigenvalue weighted by Crippen LogP contribution is 2.12. The molecular formula is C6H15ClOSi. The molecule has 9 heavy (non-hydrogen) atoms. The highest BCUT2D eigenvalue weighted by atomic mass is 35.5. The van der Waals surface area contributed by atoms with Crippen molar-refractivity contribution in [3.05, 3.63) is 0 Å². The molecule has 0 aliphatic rings. The van der Waals surface area contributed by atoms with E-state index >= 15 is 0 Å². The standard InChI is InChI=1S/C6H15ClOSi/c1-8-9(2,3)6-4-5-7/h4-6H2,1-3H3. The Morgan fingerprint density at radius 2 is 2.00 bits per heavy atom. The summed E-state index contributed by atoms with van der Waals surface area (Å²) in [4.78, 5) is 0. The van der Waals surface area contributed by atoms with Crippen molar-refractivity contribution >= 4 is 19.9 Å². The van der Waals surface area contributed by atoms with Gasteiger partial charge in [-0.15, -0.1) is 11.6 Å². The summed E-state index contributed by atoms with van der Waals surface area (Å²) in [5.41, 5.74) is 0. The first-order valence-corrected chi connectivity index (χ1v) is 6.88. The number of alkyl halides is 1. The van der Waals surface area contributed by atoms with E-state index in [1.807, 2.05) is 0 Å². The summed E-state index contributed by atoms with van der Waals surface area (Å²) < 4.78 is 5.32. The van der Waals surface area contributed by atoms with Crippen molar-refractivity contribution in [3.8, 4) is 0 Å². The van der Waals surface area contributed by atoms with Crippen LogP contribution in [0.2, 0.25) is 19.1 Å². The third-order valence-corrected chi connectivity index (χ3v) is 4.40. The Hall–Kier alpha value is 0.467. The quantitative estimate of drug-likeness (QED) is 0.461. The minimum atomic E-state index is -1.28. The number of hydrogen-bond acceptors (Lipinski definition) is 1. The van der Waals surface area contributed by atoms with Gasteiger partial charge >= 0.3 is 0 Å². The van der Waals surface area contributed by atoms with Crippen LogP contribution in [0, 0.1) is 0 Å². The highest BCUT2D eigenvalue weighted by Gasteiger charge is 2.18. The Morgan fingerprint density at radius 1 is 1.44 bits per heavy atom. The van der Waals surface area contributed by atoms with Gasteiger partial charge in [0.05, 0.1) is 0 Å². The molecule has 0 aromatic carbocycles. The molecule has 0 aliphatic carbocycles. The maximum absolute atomic E-state index is 5.53. The molecule has 0 amide bonds. The summed E-state index contributed by atoms with van der Waals surface area (Å²) in [5.74, 6) is 0.764. The van der Waals surface area contributed by atoms with Crippen LogP contribution in [0.25, 0.3) is 0 Å². The summed E-state index contributed by atoms with van der Waals surface area (Å²) in [7, 11) is 0.509. The molecule has 0 heterocycles. The van der Waals surface area contributed by atoms with E-state index in [1.165, 1.54) is 6.04 Å². The molecule has 0 saturated heterocycles. The molecule has 0 aromatic heterocycles. The van der Waals surface area contributed by atoms with Gasteiger partial charge in [0.15, 0.2) is 8.32 Å². The summed E-state index contributed by atoms with van der Waals surface area (Å²) in [6.07, 6.45) is 1.09. The molecule has 0 radical (unpaired) electrons. The van der Waals surface area contributed by atoms with E-state index in [9.17, 15) is 0 Å². The molecular weight excluding hydrogens is 152 g/mol. The lowest BCUT2D eigenvalue weighted by Gasteiger charge is -2.18. The van der Waals surface area contributed by atoms with Crippen molar-refractivity contribution in [1.29, 1.82) is 0 Å². The molecule has 0 spiro atoms. The first kappa shape index (κ1) is 9.47. The van der Waals surface area contributed by atoms with E-state index in [0.29, 0.717) is 0 Å². The first-order valence-electron chi connectivity index (χ1n) is 3.23. The maximum atomic E-state index is 5.53. The summed E-state index contributed by atoms with van der Waals surface area (Å²) >= 11 is 5.53. The van der Waals surface area contributed by atoms with E-state index in [1.54, 1.807) is 7.11 Å². The summed E-state index contributed by atoms with van der Waals surface area (Å²) in [5, 5.41) is 0. The van der Waals surface area contributed by atoms with Crippen molar-refractivity contribution in [2.24, 2.45) is 0 Å². The zero-order chi connectivity index (χ0) is 7.33. The van der Waals surface area contributed by atoms with Gasteiger partial charge in [-0.2, -0.15) is 0 Å². The van der Waals surface area contributed by atoms with Crippen molar-refractivity contribution in [3.63, 3.8) is 0 Å². The fourth-order valence-corrected chi connectivity index (χ4v) is 2.18. The van der Waals surface area contributed by atoms with Crippen LogP contribution in [0.1, 0.15) is 6.42 Å². The van der Waals surface area contributed by atoms with E-state index in [2.05, 4.69) is 13.1 Å². The second-order valence-electron chi connectivity index (χ2n) is 2.76. The van der Waals surface area contributed by atoms with Crippen LogP contribution in [0.15, 0.2) is 0 Å². The largest absolute Gasteiger partial charge is 0.420 e. The van der Waals surface area contributed by atoms with Gasteiger partial charge in [0.25, 0.3) is 0 Å². The van der Waals surface area contributed by atoms with Crippen LogP contribution in [-0.4, -0.2) is 21.3 Å². The molecule has 0 aliphatic heterocycles. The van der Waals surface area contributed by atoms with Gasteiger partial charge in [-0.3, -0.25) is 0 Å². The Morgan fingerprint density at radius 3 is 2.33 bits per heavy atom. The van der Waals surface area contributed by atoms with Gasteiger partial charge in [-0.25, -0.2) is 0 Å². The van der Waals surface area contributed by atoms with Gasteiger partial charge in [0.2, 0.25) is 0 Å². The molecule has 0 saturated carbocycles. The molecule has 0 aromatic rings. The average Bonchev–Trinajstić information content (AvgIpc) is 1.84. The van der Waals surface area contributed by atoms with Crippen molar-refractivity contribution in [1.82, 2.24) is 0 Å². The van der Waals surface area contributed by atoms with Crippen LogP contribution >= 0.6 is 11.6 Å². The molecule has 0 atom stereocenters. The zero-order valence-electron chi connectivity index (χ0n) is 6.41. The Bertz CT molecular complexity index is 75.5. The molecule has 0 unspecified atom stereocenters. The molecule has 3 heteroatoms. The van der Waals surface area contributed by atoms with Gasteiger partial charge in [0, 0.05) is 13.0 Å². The zero-order valence-corrected chi connectivity index (χ0v) is 8.16. The fourth-order valence-electron chi connectivity index (χ4n) is 0.595. The van der Waals surface area contributed by atoms with Gasteiger partial charge in [-0.05, 0) is 25.6 Å². The SMILES string of the molecule is CO[Si](C)(C)CCCCl. The lowest BCUT2D eigenvalue weighted by atomic mass is 10.6. The Labute approximate surface area is 63.5 Å². The van der Waals surface area contributed by atoms with Gasteiger partial charge in [0.1, 0.15) is 0 Å². The van der Waals surface area contributed by atoms with E-state index < -0.39 is 8.32 Å². The lowest BCUT2D eigenvalue weighted by molar-refractivity contribution is 0.403. The molecule has 0 bridgehead atoms. The highest BCUT2D eigenvalue weighted by molar-refractivity contribution is 6.71. The second-order valence-corrected chi connectivity index (χ2v) is 7.56. The molecule has 1 nitrogen and oxygen atoms in total. The number of hydrogen-bond donors (Lipinski definition) is 0. The van der Waals surface area contributed by atoms with E-state index in [-0.39, 0.29) is 0 Å². The van der Waals surface area contributed by atoms with Crippen molar-refractivity contribution < 1.29 is 4.43 Å². The minimum absolute atomic E-state index is 0.764. The predicted molar refractivity (Wildman–Crippen MR) is 44.6 cm³/mol. The van der Waals surface area contributed by atoms with Crippen LogP contribution < -0.4 is 0 Å². The molecule has 56 valence electrons. The normalized spacial score (nSPS) is 12.0. The monoisotopic (exact) mass is 166 g/mol. The van der Waals surface area contributed by atoms with Crippen molar-refractivity contribution in [2.75, 3.05) is 13.0 Å². The molecule has 0 rings (SSSR count). The second kappa shape index (κ2) is 4.31. The van der Waals surface area contributed by atoms with Gasteiger partial charge in [-0.1, -0.05) is 0 Å². The third-order valence-electron chi connectivity index (χ3n) is 1.47. The Kier molecular flexibility index (Phi) is 4.53. The van der Waals surface area contributed by atoms with Gasteiger partial charge < -0.3 is 4.43 Å². The average molecular weight is 167 g/mol. The lowest BCUT2D eigenvalue weighted by Crippen LogP contribution is -2.28. The Balaban J connectivity index is 3.33. The minimum Gasteiger partial charge on any atom is -0.420 e. The molecule has 0 N–H and O–H groups in total. The van der Waals surface area contributed by atoms with Crippen LogP contribution in [-0.2, 0) is 4.43 Å².